The molecule has 0 aliphatic heterocycles. The molecule has 9 heteroatoms. The van der Waals surface area contributed by atoms with Crippen LogP contribution in [0.15, 0.2) is 69.1 Å². The van der Waals surface area contributed by atoms with Gasteiger partial charge >= 0.3 is 0 Å². The molecular weight excluding hydrogens is 402 g/mol. The number of hydrogen-bond acceptors (Lipinski definition) is 5. The number of nitrogens with two attached hydrogens (primary N) is 1. The molecule has 0 saturated carbocycles. The summed E-state index contributed by atoms with van der Waals surface area (Å²) in [6.07, 6.45) is 2.33. The van der Waals surface area contributed by atoms with Crippen LogP contribution in [0.4, 0.5) is 0 Å². The Morgan fingerprint density at radius 3 is 2.43 bits per heavy atom. The van der Waals surface area contributed by atoms with E-state index in [2.05, 4.69) is 20.6 Å². The van der Waals surface area contributed by atoms with Crippen molar-refractivity contribution in [1.82, 2.24) is 15.6 Å². The van der Waals surface area contributed by atoms with Crippen LogP contribution in [0.3, 0.4) is 0 Å². The van der Waals surface area contributed by atoms with E-state index in [1.807, 2.05) is 31.2 Å². The molecule has 0 spiro atoms. The van der Waals surface area contributed by atoms with Crippen LogP contribution >= 0.6 is 0 Å². The van der Waals surface area contributed by atoms with Crippen molar-refractivity contribution in [2.75, 3.05) is 13.6 Å². The Morgan fingerprint density at radius 2 is 1.80 bits per heavy atom. The van der Waals surface area contributed by atoms with Crippen molar-refractivity contribution in [2.24, 2.45) is 10.1 Å². The number of sulfonamides is 1. The van der Waals surface area contributed by atoms with Gasteiger partial charge in [0.05, 0.1) is 17.1 Å². The lowest BCUT2D eigenvalue weighted by atomic mass is 10.1. The first kappa shape index (κ1) is 21.5. The van der Waals surface area contributed by atoms with Crippen LogP contribution in [-0.4, -0.2) is 33.0 Å². The highest BCUT2D eigenvalue weighted by Gasteiger charge is 2.08. The van der Waals surface area contributed by atoms with E-state index < -0.39 is 10.0 Å². The van der Waals surface area contributed by atoms with Crippen molar-refractivity contribution < 1.29 is 12.8 Å². The molecule has 0 saturated heterocycles. The topological polar surface area (TPSA) is 123 Å². The van der Waals surface area contributed by atoms with Gasteiger partial charge in [-0.1, -0.05) is 29.8 Å². The minimum Gasteiger partial charge on any atom is -0.444 e. The van der Waals surface area contributed by atoms with Crippen molar-refractivity contribution in [2.45, 2.75) is 24.8 Å². The van der Waals surface area contributed by atoms with E-state index in [0.29, 0.717) is 31.4 Å². The number of aryl methyl sites for hydroxylation is 1. The zero-order chi connectivity index (χ0) is 21.6. The number of guanidine groups is 1. The monoisotopic (exact) mass is 427 g/mol. The number of nitrogens with zero attached hydrogens (tertiary/aromatic N) is 2. The van der Waals surface area contributed by atoms with E-state index in [0.717, 1.165) is 16.8 Å². The zero-order valence-corrected chi connectivity index (χ0v) is 17.7. The molecular formula is C21H25N5O3S. The normalized spacial score (nSPS) is 12.0. The number of aliphatic imine (C=N–C) groups is 1. The molecule has 4 N–H and O–H groups in total. The molecule has 8 nitrogen and oxygen atoms in total. The van der Waals surface area contributed by atoms with Gasteiger partial charge in [-0.15, -0.1) is 0 Å². The molecule has 0 aliphatic carbocycles. The molecule has 1 aromatic heterocycles. The van der Waals surface area contributed by atoms with Gasteiger partial charge < -0.3 is 15.1 Å². The molecule has 30 heavy (non-hydrogen) atoms. The highest BCUT2D eigenvalue weighted by atomic mass is 32.2. The van der Waals surface area contributed by atoms with Gasteiger partial charge in [-0.3, -0.25) is 4.99 Å². The van der Waals surface area contributed by atoms with Crippen molar-refractivity contribution in [1.29, 1.82) is 0 Å². The summed E-state index contributed by atoms with van der Waals surface area (Å²) >= 11 is 0. The maximum Gasteiger partial charge on any atom is 0.238 e. The summed E-state index contributed by atoms with van der Waals surface area (Å²) in [5.74, 6) is 1.22. The zero-order valence-electron chi connectivity index (χ0n) is 16.9. The van der Waals surface area contributed by atoms with E-state index in [9.17, 15) is 8.42 Å². The van der Waals surface area contributed by atoms with Crippen LogP contribution in [0, 0.1) is 6.92 Å². The Kier molecular flexibility index (Phi) is 6.86. The average molecular weight is 428 g/mol. The molecule has 0 fully saturated rings. The van der Waals surface area contributed by atoms with Gasteiger partial charge in [0, 0.05) is 19.2 Å². The minimum absolute atomic E-state index is 0.106. The number of rotatable bonds is 7. The van der Waals surface area contributed by atoms with Gasteiger partial charge in [0.2, 0.25) is 15.9 Å². The summed E-state index contributed by atoms with van der Waals surface area (Å²) in [7, 11) is -1.98. The quantitative estimate of drug-likeness (QED) is 0.392. The van der Waals surface area contributed by atoms with Gasteiger partial charge in [0.1, 0.15) is 6.26 Å². The van der Waals surface area contributed by atoms with Gasteiger partial charge in [0.15, 0.2) is 5.96 Å². The summed E-state index contributed by atoms with van der Waals surface area (Å²) in [4.78, 5) is 8.80. The maximum absolute atomic E-state index is 11.3. The summed E-state index contributed by atoms with van der Waals surface area (Å²) in [6.45, 7) is 3.13. The summed E-state index contributed by atoms with van der Waals surface area (Å²) in [6, 6.07) is 14.5. The lowest BCUT2D eigenvalue weighted by Gasteiger charge is -2.11. The lowest BCUT2D eigenvalue weighted by Crippen LogP contribution is -2.37. The SMILES string of the molecule is CN=C(NCCc1ccc(S(N)(=O)=O)cc1)NCc1coc(-c2ccc(C)cc2)n1. The fourth-order valence-electron chi connectivity index (χ4n) is 2.78. The van der Waals surface area contributed by atoms with Crippen molar-refractivity contribution in [3.63, 3.8) is 0 Å². The van der Waals surface area contributed by atoms with Gasteiger partial charge in [-0.05, 0) is 43.2 Å². The van der Waals surface area contributed by atoms with Crippen LogP contribution in [0.2, 0.25) is 0 Å². The fraction of sp³-hybridized carbons (Fsp3) is 0.238. The van der Waals surface area contributed by atoms with Crippen LogP contribution in [0.25, 0.3) is 11.5 Å². The summed E-state index contributed by atoms with van der Waals surface area (Å²) in [5, 5.41) is 11.5. The number of benzene rings is 2. The molecule has 0 aliphatic rings. The number of oxazole rings is 1. The summed E-state index contributed by atoms with van der Waals surface area (Å²) < 4.78 is 28.2. The largest absolute Gasteiger partial charge is 0.444 e. The van der Waals surface area contributed by atoms with Gasteiger partial charge in [0.25, 0.3) is 0 Å². The second-order valence-electron chi connectivity index (χ2n) is 6.80. The Bertz CT molecular complexity index is 1100. The molecule has 3 aromatic rings. The third-order valence-electron chi connectivity index (χ3n) is 4.47. The number of aromatic nitrogens is 1. The number of hydrogen-bond donors (Lipinski definition) is 3. The fourth-order valence-corrected chi connectivity index (χ4v) is 3.30. The first-order valence-corrected chi connectivity index (χ1v) is 11.0. The molecule has 2 aromatic carbocycles. The van der Waals surface area contributed by atoms with E-state index in [1.54, 1.807) is 25.4 Å². The smallest absolute Gasteiger partial charge is 0.238 e. The Hall–Kier alpha value is -3.17. The molecule has 0 atom stereocenters. The lowest BCUT2D eigenvalue weighted by molar-refractivity contribution is 0.572. The van der Waals surface area contributed by atoms with E-state index >= 15 is 0 Å². The first-order chi connectivity index (χ1) is 14.3. The molecule has 0 bridgehead atoms. The second kappa shape index (κ2) is 9.55. The Morgan fingerprint density at radius 1 is 1.10 bits per heavy atom. The Labute approximate surface area is 176 Å². The van der Waals surface area contributed by atoms with Crippen LogP contribution in [-0.2, 0) is 23.0 Å². The molecule has 158 valence electrons. The predicted molar refractivity (Wildman–Crippen MR) is 116 cm³/mol. The maximum atomic E-state index is 11.3. The number of nitrogens with one attached hydrogen (secondary N) is 2. The summed E-state index contributed by atoms with van der Waals surface area (Å²) in [5.41, 5.74) is 3.88. The van der Waals surface area contributed by atoms with Crippen molar-refractivity contribution >= 4 is 16.0 Å². The highest BCUT2D eigenvalue weighted by Crippen LogP contribution is 2.19. The number of primary sulfonamides is 1. The van der Waals surface area contributed by atoms with Crippen LogP contribution in [0.1, 0.15) is 16.8 Å². The highest BCUT2D eigenvalue weighted by molar-refractivity contribution is 7.89. The van der Waals surface area contributed by atoms with Crippen LogP contribution in [0.5, 0.6) is 0 Å². The predicted octanol–water partition coefficient (Wildman–Crippen LogP) is 2.21. The van der Waals surface area contributed by atoms with E-state index in [1.165, 1.54) is 17.7 Å². The van der Waals surface area contributed by atoms with Crippen LogP contribution < -0.4 is 15.8 Å². The minimum atomic E-state index is -3.67. The molecule has 1 heterocycles. The van der Waals surface area contributed by atoms with E-state index in [-0.39, 0.29) is 4.90 Å². The molecule has 0 unspecified atom stereocenters. The molecule has 0 radical (unpaired) electrons. The van der Waals surface area contributed by atoms with Crippen molar-refractivity contribution in [3.05, 3.63) is 71.6 Å². The standard InChI is InChI=1S/C21H25N5O3S/c1-15-3-7-17(8-4-15)20-26-18(14-29-20)13-25-21(23-2)24-12-11-16-5-9-19(10-6-16)30(22,27)28/h3-10,14H,11-13H2,1-2H3,(H2,22,27,28)(H2,23,24,25). The third kappa shape index (κ3) is 5.91. The second-order valence-corrected chi connectivity index (χ2v) is 8.36. The average Bonchev–Trinajstić information content (AvgIpc) is 3.20. The first-order valence-electron chi connectivity index (χ1n) is 9.43. The van der Waals surface area contributed by atoms with Crippen molar-refractivity contribution in [3.8, 4) is 11.5 Å². The van der Waals surface area contributed by atoms with Gasteiger partial charge in [-0.2, -0.15) is 0 Å². The Balaban J connectivity index is 1.48. The van der Waals surface area contributed by atoms with E-state index in [4.69, 9.17) is 9.56 Å². The van der Waals surface area contributed by atoms with Gasteiger partial charge in [-0.25, -0.2) is 18.5 Å². The molecule has 3 rings (SSSR count). The third-order valence-corrected chi connectivity index (χ3v) is 5.40. The molecule has 0 amide bonds.